The molecule has 4 rings (SSSR count). The van der Waals surface area contributed by atoms with Crippen molar-refractivity contribution in [3.63, 3.8) is 0 Å². The Kier molecular flexibility index (Phi) is 3.39. The van der Waals surface area contributed by atoms with Crippen LogP contribution in [0, 0.1) is 6.92 Å². The van der Waals surface area contributed by atoms with Crippen molar-refractivity contribution in [3.05, 3.63) is 83.7 Å². The Morgan fingerprint density at radius 2 is 1.88 bits per heavy atom. The monoisotopic (exact) mass is 318 g/mol. The van der Waals surface area contributed by atoms with Gasteiger partial charge in [-0.25, -0.2) is 0 Å². The Labute approximate surface area is 138 Å². The number of hydrazone groups is 1. The molecule has 1 aliphatic rings. The fraction of sp³-hybridized carbons (Fsp3) is 0.0526. The summed E-state index contributed by atoms with van der Waals surface area (Å²) >= 11 is 0. The van der Waals surface area contributed by atoms with E-state index >= 15 is 0 Å². The second-order valence-electron chi connectivity index (χ2n) is 5.38. The molecular formula is C19H14N2O3. The van der Waals surface area contributed by atoms with Crippen LogP contribution in [-0.4, -0.2) is 11.6 Å². The zero-order valence-electron chi connectivity index (χ0n) is 13.0. The van der Waals surface area contributed by atoms with Gasteiger partial charge in [0.15, 0.2) is 5.76 Å². The van der Waals surface area contributed by atoms with Crippen molar-refractivity contribution in [3.8, 4) is 0 Å². The van der Waals surface area contributed by atoms with Crippen LogP contribution in [-0.2, 0) is 4.79 Å². The van der Waals surface area contributed by atoms with E-state index in [4.69, 9.17) is 8.83 Å². The van der Waals surface area contributed by atoms with Gasteiger partial charge in [0.1, 0.15) is 17.2 Å². The normalized spacial score (nSPS) is 16.0. The number of carbonyl (C=O) groups is 1. The topological polar surface area (TPSA) is 59.0 Å². The highest BCUT2D eigenvalue weighted by Crippen LogP contribution is 2.28. The van der Waals surface area contributed by atoms with Gasteiger partial charge in [-0.1, -0.05) is 18.2 Å². The molecule has 0 fully saturated rings. The van der Waals surface area contributed by atoms with E-state index in [9.17, 15) is 4.79 Å². The van der Waals surface area contributed by atoms with Gasteiger partial charge in [-0.2, -0.15) is 10.1 Å². The molecule has 118 valence electrons. The quantitative estimate of drug-likeness (QED) is 0.685. The zero-order chi connectivity index (χ0) is 16.5. The first-order chi connectivity index (χ1) is 11.7. The molecule has 0 radical (unpaired) electrons. The molecule has 0 saturated carbocycles. The number of anilines is 1. The minimum atomic E-state index is -0.221. The summed E-state index contributed by atoms with van der Waals surface area (Å²) in [5.74, 6) is 1.70. The Morgan fingerprint density at radius 1 is 1.04 bits per heavy atom. The van der Waals surface area contributed by atoms with E-state index in [1.165, 1.54) is 5.01 Å². The van der Waals surface area contributed by atoms with Crippen LogP contribution in [0.2, 0.25) is 0 Å². The summed E-state index contributed by atoms with van der Waals surface area (Å²) in [6.45, 7) is 1.86. The Hall–Kier alpha value is -3.34. The predicted molar refractivity (Wildman–Crippen MR) is 90.6 cm³/mol. The number of hydrogen-bond donors (Lipinski definition) is 0. The number of rotatable bonds is 3. The van der Waals surface area contributed by atoms with Crippen molar-refractivity contribution in [1.29, 1.82) is 0 Å². The number of para-hydroxylation sites is 1. The van der Waals surface area contributed by atoms with Crippen molar-refractivity contribution < 1.29 is 13.6 Å². The van der Waals surface area contributed by atoms with Crippen LogP contribution in [0.1, 0.15) is 17.3 Å². The number of nitrogens with zero attached hydrogens (tertiary/aromatic N) is 2. The third-order valence-electron chi connectivity index (χ3n) is 3.68. The van der Waals surface area contributed by atoms with E-state index < -0.39 is 0 Å². The second kappa shape index (κ2) is 5.70. The van der Waals surface area contributed by atoms with E-state index in [1.54, 1.807) is 24.5 Å². The molecule has 0 atom stereocenters. The number of amides is 1. The number of hydrogen-bond acceptors (Lipinski definition) is 4. The van der Waals surface area contributed by atoms with Crippen LogP contribution < -0.4 is 5.01 Å². The maximum absolute atomic E-state index is 12.9. The maximum Gasteiger partial charge on any atom is 0.281 e. The van der Waals surface area contributed by atoms with E-state index in [-0.39, 0.29) is 5.91 Å². The van der Waals surface area contributed by atoms with Gasteiger partial charge in [0, 0.05) is 0 Å². The Balaban J connectivity index is 1.81. The molecule has 2 aromatic heterocycles. The summed E-state index contributed by atoms with van der Waals surface area (Å²) < 4.78 is 11.0. The van der Waals surface area contributed by atoms with Crippen molar-refractivity contribution in [2.24, 2.45) is 5.10 Å². The molecular weight excluding hydrogens is 304 g/mol. The number of benzene rings is 1. The van der Waals surface area contributed by atoms with Crippen molar-refractivity contribution >= 4 is 23.4 Å². The van der Waals surface area contributed by atoms with Gasteiger partial charge in [-0.3, -0.25) is 4.79 Å². The van der Waals surface area contributed by atoms with Crippen molar-refractivity contribution in [2.75, 3.05) is 5.01 Å². The average Bonchev–Trinajstić information content (AvgIpc) is 3.31. The fourth-order valence-electron chi connectivity index (χ4n) is 2.56. The fourth-order valence-corrected chi connectivity index (χ4v) is 2.56. The number of aryl methyl sites for hydroxylation is 1. The van der Waals surface area contributed by atoms with Crippen molar-refractivity contribution in [2.45, 2.75) is 6.92 Å². The first-order valence-electron chi connectivity index (χ1n) is 7.53. The molecule has 1 aromatic carbocycles. The molecule has 0 unspecified atom stereocenters. The molecule has 1 aliphatic heterocycles. The average molecular weight is 318 g/mol. The third kappa shape index (κ3) is 2.46. The summed E-state index contributed by atoms with van der Waals surface area (Å²) in [6.07, 6.45) is 3.25. The summed E-state index contributed by atoms with van der Waals surface area (Å²) in [4.78, 5) is 12.9. The predicted octanol–water partition coefficient (Wildman–Crippen LogP) is 4.02. The summed E-state index contributed by atoms with van der Waals surface area (Å²) in [6, 6.07) is 16.5. The lowest BCUT2D eigenvalue weighted by molar-refractivity contribution is -0.114. The molecule has 5 heteroatoms. The van der Waals surface area contributed by atoms with Gasteiger partial charge >= 0.3 is 0 Å². The van der Waals surface area contributed by atoms with E-state index in [2.05, 4.69) is 5.10 Å². The largest absolute Gasteiger partial charge is 0.463 e. The number of furan rings is 2. The molecule has 3 heterocycles. The van der Waals surface area contributed by atoms with Crippen molar-refractivity contribution in [1.82, 2.24) is 0 Å². The third-order valence-corrected chi connectivity index (χ3v) is 3.68. The molecule has 0 aliphatic carbocycles. The van der Waals surface area contributed by atoms with Gasteiger partial charge in [0.25, 0.3) is 5.91 Å². The lowest BCUT2D eigenvalue weighted by Crippen LogP contribution is -2.21. The zero-order valence-corrected chi connectivity index (χ0v) is 13.0. The molecule has 5 nitrogen and oxygen atoms in total. The first-order valence-corrected chi connectivity index (χ1v) is 7.53. The molecule has 0 saturated heterocycles. The summed E-state index contributed by atoms with van der Waals surface area (Å²) in [5.41, 5.74) is 1.62. The highest BCUT2D eigenvalue weighted by Gasteiger charge is 2.33. The highest BCUT2D eigenvalue weighted by molar-refractivity contribution is 6.36. The molecule has 3 aromatic rings. The van der Waals surface area contributed by atoms with Gasteiger partial charge in [0.2, 0.25) is 0 Å². The molecule has 1 amide bonds. The van der Waals surface area contributed by atoms with Gasteiger partial charge in [-0.05, 0) is 49.4 Å². The number of carbonyl (C=O) groups excluding carboxylic acids is 1. The van der Waals surface area contributed by atoms with Gasteiger partial charge in [0.05, 0.1) is 17.5 Å². The van der Waals surface area contributed by atoms with E-state index in [1.807, 2.05) is 49.4 Å². The van der Waals surface area contributed by atoms with Crippen LogP contribution in [0.5, 0.6) is 0 Å². The minimum Gasteiger partial charge on any atom is -0.463 e. The van der Waals surface area contributed by atoms with E-state index in [0.29, 0.717) is 28.5 Å². The van der Waals surface area contributed by atoms with Crippen LogP contribution in [0.3, 0.4) is 0 Å². The molecule has 24 heavy (non-hydrogen) atoms. The van der Waals surface area contributed by atoms with E-state index in [0.717, 1.165) is 5.76 Å². The van der Waals surface area contributed by atoms with Gasteiger partial charge < -0.3 is 8.83 Å². The second-order valence-corrected chi connectivity index (χ2v) is 5.38. The summed E-state index contributed by atoms with van der Waals surface area (Å²) in [7, 11) is 0. The Morgan fingerprint density at radius 3 is 2.54 bits per heavy atom. The molecule has 0 bridgehead atoms. The minimum absolute atomic E-state index is 0.221. The van der Waals surface area contributed by atoms with Gasteiger partial charge in [-0.15, -0.1) is 0 Å². The van der Waals surface area contributed by atoms with Crippen LogP contribution in [0.25, 0.3) is 6.08 Å². The molecule has 0 spiro atoms. The first kappa shape index (κ1) is 14.3. The van der Waals surface area contributed by atoms with Crippen LogP contribution in [0.15, 0.2) is 80.4 Å². The summed E-state index contributed by atoms with van der Waals surface area (Å²) in [5, 5.41) is 5.84. The van der Waals surface area contributed by atoms with Crippen LogP contribution in [0.4, 0.5) is 5.69 Å². The van der Waals surface area contributed by atoms with Crippen LogP contribution >= 0.6 is 0 Å². The SMILES string of the molecule is Cc1ccc(C=C2C(=O)N(c3ccccc3)N=C2c2ccco2)o1. The lowest BCUT2D eigenvalue weighted by atomic mass is 10.1. The Bertz CT molecular complexity index is 934. The highest BCUT2D eigenvalue weighted by atomic mass is 16.3. The molecule has 0 N–H and O–H groups in total. The lowest BCUT2D eigenvalue weighted by Gasteiger charge is -2.10. The standard InChI is InChI=1S/C19H14N2O3/c1-13-9-10-15(24-13)12-16-18(17-8-5-11-23-17)20-21(19(16)22)14-6-3-2-4-7-14/h2-12H,1H3. The smallest absolute Gasteiger partial charge is 0.281 e. The maximum atomic E-state index is 12.9.